The van der Waals surface area contributed by atoms with Crippen molar-refractivity contribution in [2.45, 2.75) is 78.7 Å². The second-order valence-electron chi connectivity index (χ2n) is 10.4. The minimum Gasteiger partial charge on any atom is -0.455 e. The first-order chi connectivity index (χ1) is 16.7. The van der Waals surface area contributed by atoms with E-state index in [1.807, 2.05) is 6.92 Å². The van der Waals surface area contributed by atoms with E-state index in [-0.39, 0.29) is 29.3 Å². The van der Waals surface area contributed by atoms with Crippen molar-refractivity contribution < 1.29 is 23.5 Å². The Bertz CT molecular complexity index is 1220. The Balaban J connectivity index is 1.93. The number of rotatable bonds is 6. The number of hydrogen-bond acceptors (Lipinski definition) is 8. The van der Waals surface area contributed by atoms with Crippen molar-refractivity contribution in [2.24, 2.45) is 0 Å². The number of alkyl carbamates (subject to hydrolysis) is 1. The maximum absolute atomic E-state index is 13.2. The van der Waals surface area contributed by atoms with Gasteiger partial charge in [-0.05, 0) is 77.8 Å². The summed E-state index contributed by atoms with van der Waals surface area (Å²) in [7, 11) is 0. The second kappa shape index (κ2) is 10.7. The molecule has 3 aromatic heterocycles. The number of hydrogen-bond donors (Lipinski definition) is 1. The van der Waals surface area contributed by atoms with Gasteiger partial charge < -0.3 is 19.2 Å². The lowest BCUT2D eigenvalue weighted by Crippen LogP contribution is -2.38. The van der Waals surface area contributed by atoms with Gasteiger partial charge in [-0.2, -0.15) is 4.98 Å². The van der Waals surface area contributed by atoms with Crippen LogP contribution < -0.4 is 10.2 Å². The molecule has 0 saturated carbocycles. The highest BCUT2D eigenvalue weighted by molar-refractivity contribution is 6.28. The van der Waals surface area contributed by atoms with E-state index in [9.17, 15) is 9.59 Å². The number of nitrogens with one attached hydrogen (secondary N) is 1. The summed E-state index contributed by atoms with van der Waals surface area (Å²) >= 11 is 6.23. The molecular weight excluding hydrogens is 486 g/mol. The molecule has 0 aliphatic carbocycles. The number of carbonyl (C=O) groups excluding carboxylic acids is 2. The summed E-state index contributed by atoms with van der Waals surface area (Å²) in [6.45, 7) is 12.7. The molecule has 11 heteroatoms. The van der Waals surface area contributed by atoms with E-state index in [1.54, 1.807) is 72.1 Å². The zero-order chi connectivity index (χ0) is 26.7. The standard InChI is InChI=1S/C25H32ClN5O5/c1-15(28-22(32)35-24(2,3)4)12-17-13-18-19(34-17)20(30-21(26)29-18)31(23(33)36-25(5,6)7)14-16-8-10-27-11-9-16/h8-11,13,15H,12,14H2,1-7H3,(H,28,32). The van der Waals surface area contributed by atoms with Gasteiger partial charge in [0.2, 0.25) is 5.28 Å². The Labute approximate surface area is 215 Å². The highest BCUT2D eigenvalue weighted by Crippen LogP contribution is 2.31. The molecule has 0 radical (unpaired) electrons. The van der Waals surface area contributed by atoms with Crippen molar-refractivity contribution in [3.63, 3.8) is 0 Å². The number of nitrogens with zero attached hydrogens (tertiary/aromatic N) is 4. The lowest BCUT2D eigenvalue weighted by molar-refractivity contribution is 0.0505. The Hall–Kier alpha value is -3.40. The minimum absolute atomic E-state index is 0.0481. The number of furan rings is 1. The molecule has 0 saturated heterocycles. The molecule has 2 amide bonds. The molecule has 0 bridgehead atoms. The number of aromatic nitrogens is 3. The van der Waals surface area contributed by atoms with Crippen LogP contribution in [0.2, 0.25) is 5.28 Å². The summed E-state index contributed by atoms with van der Waals surface area (Å²) in [4.78, 5) is 39.3. The van der Waals surface area contributed by atoms with Gasteiger partial charge in [0.25, 0.3) is 0 Å². The van der Waals surface area contributed by atoms with Gasteiger partial charge in [0.15, 0.2) is 11.4 Å². The van der Waals surface area contributed by atoms with Gasteiger partial charge in [0.05, 0.1) is 6.54 Å². The molecular formula is C25H32ClN5O5. The average molecular weight is 518 g/mol. The molecule has 0 aliphatic heterocycles. The fourth-order valence-corrected chi connectivity index (χ4v) is 3.47. The van der Waals surface area contributed by atoms with Gasteiger partial charge >= 0.3 is 12.2 Å². The molecule has 1 atom stereocenters. The predicted molar refractivity (Wildman–Crippen MR) is 136 cm³/mol. The van der Waals surface area contributed by atoms with Crippen molar-refractivity contribution in [1.82, 2.24) is 20.3 Å². The Kier molecular flexibility index (Phi) is 8.08. The largest absolute Gasteiger partial charge is 0.455 e. The first-order valence-electron chi connectivity index (χ1n) is 11.5. The molecule has 36 heavy (non-hydrogen) atoms. The molecule has 3 aromatic rings. The number of amides is 2. The zero-order valence-corrected chi connectivity index (χ0v) is 22.3. The Morgan fingerprint density at radius 2 is 1.72 bits per heavy atom. The summed E-state index contributed by atoms with van der Waals surface area (Å²) in [5, 5.41) is 2.73. The zero-order valence-electron chi connectivity index (χ0n) is 21.6. The fraction of sp³-hybridized carbons (Fsp3) is 0.480. The lowest BCUT2D eigenvalue weighted by atomic mass is 10.2. The minimum atomic E-state index is -0.736. The van der Waals surface area contributed by atoms with Crippen molar-refractivity contribution in [3.8, 4) is 0 Å². The second-order valence-corrected chi connectivity index (χ2v) is 10.8. The van der Waals surface area contributed by atoms with Crippen LogP contribution >= 0.6 is 11.6 Å². The number of fused-ring (bicyclic) bond motifs is 1. The van der Waals surface area contributed by atoms with Gasteiger partial charge in [-0.1, -0.05) is 0 Å². The third-order valence-corrected chi connectivity index (χ3v) is 4.78. The molecule has 1 N–H and O–H groups in total. The lowest BCUT2D eigenvalue weighted by Gasteiger charge is -2.26. The third-order valence-electron chi connectivity index (χ3n) is 4.61. The van der Waals surface area contributed by atoms with E-state index in [2.05, 4.69) is 20.3 Å². The van der Waals surface area contributed by atoms with Crippen molar-refractivity contribution in [3.05, 3.63) is 47.2 Å². The van der Waals surface area contributed by atoms with Gasteiger partial charge in [0, 0.05) is 30.9 Å². The number of ether oxygens (including phenoxy) is 2. The van der Waals surface area contributed by atoms with Crippen LogP contribution in [0.1, 0.15) is 59.8 Å². The van der Waals surface area contributed by atoms with Crippen LogP contribution in [-0.2, 0) is 22.4 Å². The third kappa shape index (κ3) is 7.81. The molecule has 3 heterocycles. The van der Waals surface area contributed by atoms with Gasteiger partial charge in [0.1, 0.15) is 22.5 Å². The maximum Gasteiger partial charge on any atom is 0.416 e. The molecule has 0 spiro atoms. The van der Waals surface area contributed by atoms with Crippen LogP contribution in [0.5, 0.6) is 0 Å². The van der Waals surface area contributed by atoms with E-state index in [4.69, 9.17) is 25.5 Å². The van der Waals surface area contributed by atoms with Crippen LogP contribution in [0, 0.1) is 0 Å². The first kappa shape index (κ1) is 27.2. The van der Waals surface area contributed by atoms with E-state index in [0.717, 1.165) is 5.56 Å². The summed E-state index contributed by atoms with van der Waals surface area (Å²) in [5.74, 6) is 0.703. The van der Waals surface area contributed by atoms with Crippen LogP contribution in [-0.4, -0.2) is 44.4 Å². The summed E-state index contributed by atoms with van der Waals surface area (Å²) < 4.78 is 17.0. The molecule has 0 aliphatic rings. The van der Waals surface area contributed by atoms with E-state index in [1.165, 1.54) is 4.90 Å². The molecule has 1 unspecified atom stereocenters. The summed E-state index contributed by atoms with van der Waals surface area (Å²) in [5.41, 5.74) is 0.164. The van der Waals surface area contributed by atoms with E-state index < -0.39 is 23.4 Å². The smallest absolute Gasteiger partial charge is 0.416 e. The SMILES string of the molecule is CC(Cc1cc2nc(Cl)nc(N(Cc3ccncc3)C(=O)OC(C)(C)C)c2o1)NC(=O)OC(C)(C)C. The van der Waals surface area contributed by atoms with Crippen LogP contribution in [0.4, 0.5) is 15.4 Å². The number of pyridine rings is 1. The summed E-state index contributed by atoms with van der Waals surface area (Å²) in [6.07, 6.45) is 2.48. The highest BCUT2D eigenvalue weighted by Gasteiger charge is 2.29. The molecule has 3 rings (SSSR count). The van der Waals surface area contributed by atoms with Gasteiger partial charge in [-0.3, -0.25) is 9.88 Å². The predicted octanol–water partition coefficient (Wildman–Crippen LogP) is 5.67. The number of anilines is 1. The molecule has 0 aromatic carbocycles. The monoisotopic (exact) mass is 517 g/mol. The Morgan fingerprint density at radius 1 is 1.08 bits per heavy atom. The highest BCUT2D eigenvalue weighted by atomic mass is 35.5. The first-order valence-corrected chi connectivity index (χ1v) is 11.9. The average Bonchev–Trinajstić information content (AvgIpc) is 3.11. The van der Waals surface area contributed by atoms with Crippen molar-refractivity contribution in [2.75, 3.05) is 4.90 Å². The van der Waals surface area contributed by atoms with Gasteiger partial charge in [-0.15, -0.1) is 0 Å². The quantitative estimate of drug-likeness (QED) is 0.415. The number of halogens is 1. The normalized spacial score (nSPS) is 12.8. The van der Waals surface area contributed by atoms with Crippen molar-refractivity contribution in [1.29, 1.82) is 0 Å². The van der Waals surface area contributed by atoms with E-state index >= 15 is 0 Å². The molecule has 0 fully saturated rings. The summed E-state index contributed by atoms with van der Waals surface area (Å²) in [6, 6.07) is 4.98. The van der Waals surface area contributed by atoms with Crippen LogP contribution in [0.3, 0.4) is 0 Å². The van der Waals surface area contributed by atoms with E-state index in [0.29, 0.717) is 17.7 Å². The topological polar surface area (TPSA) is 120 Å². The number of carbonyl (C=O) groups is 2. The fourth-order valence-electron chi connectivity index (χ4n) is 3.30. The van der Waals surface area contributed by atoms with Gasteiger partial charge in [-0.25, -0.2) is 14.6 Å². The van der Waals surface area contributed by atoms with Crippen LogP contribution in [0.15, 0.2) is 35.0 Å². The maximum atomic E-state index is 13.2. The molecule has 10 nitrogen and oxygen atoms in total. The van der Waals surface area contributed by atoms with Crippen LogP contribution in [0.25, 0.3) is 11.1 Å². The van der Waals surface area contributed by atoms with Crippen molar-refractivity contribution >= 4 is 40.7 Å². The molecule has 194 valence electrons. The Morgan fingerprint density at radius 3 is 2.33 bits per heavy atom.